The Bertz CT molecular complexity index is 363. The van der Waals surface area contributed by atoms with Crippen molar-refractivity contribution >= 4 is 11.8 Å². The van der Waals surface area contributed by atoms with Gasteiger partial charge in [0.2, 0.25) is 0 Å². The maximum atomic E-state index is 8.56. The van der Waals surface area contributed by atoms with Crippen LogP contribution in [0.25, 0.3) is 0 Å². The molecule has 1 aromatic heterocycles. The van der Waals surface area contributed by atoms with Crippen LogP contribution in [0.2, 0.25) is 0 Å². The van der Waals surface area contributed by atoms with Crippen LogP contribution in [0.1, 0.15) is 31.2 Å². The number of aryl methyl sites for hydroxylation is 1. The van der Waals surface area contributed by atoms with Crippen LogP contribution >= 0.6 is 11.8 Å². The topological polar surface area (TPSA) is 41.6 Å². The third-order valence-corrected chi connectivity index (χ3v) is 3.27. The van der Waals surface area contributed by atoms with E-state index in [1.54, 1.807) is 0 Å². The molecule has 1 rings (SSSR count). The molecule has 0 atom stereocenters. The Hall–Kier alpha value is -0.950. The predicted molar refractivity (Wildman–Crippen MR) is 62.9 cm³/mol. The maximum Gasteiger partial charge on any atom is 0.169 e. The fourth-order valence-corrected chi connectivity index (χ4v) is 2.19. The molecule has 0 amide bonds. The smallest absolute Gasteiger partial charge is 0.169 e. The lowest BCUT2D eigenvalue weighted by Gasteiger charge is -2.07. The molecule has 0 aliphatic heterocycles. The highest BCUT2D eigenvalue weighted by molar-refractivity contribution is 7.99. The summed E-state index contributed by atoms with van der Waals surface area (Å²) in [4.78, 5) is 4.48. The summed E-state index contributed by atoms with van der Waals surface area (Å²) in [7, 11) is 0. The average Bonchev–Trinajstić information content (AvgIpc) is 2.50. The van der Waals surface area contributed by atoms with Crippen LogP contribution in [-0.2, 0) is 6.54 Å². The van der Waals surface area contributed by atoms with Crippen molar-refractivity contribution in [3.63, 3.8) is 0 Å². The van der Waals surface area contributed by atoms with E-state index in [0.29, 0.717) is 5.75 Å². The molecular formula is C11H17N3S. The first-order valence-electron chi connectivity index (χ1n) is 5.24. The highest BCUT2D eigenvalue weighted by Gasteiger charge is 2.10. The molecule has 1 heterocycles. The zero-order valence-electron chi connectivity index (χ0n) is 9.58. The van der Waals surface area contributed by atoms with Gasteiger partial charge in [-0.25, -0.2) is 4.98 Å². The number of imidazole rings is 1. The Morgan fingerprint density at radius 3 is 2.80 bits per heavy atom. The number of nitrogens with zero attached hydrogens (tertiary/aromatic N) is 3. The molecule has 0 N–H and O–H groups in total. The SMILES string of the molecule is CCCCn1c(SCC#N)nc(C)c1C. The van der Waals surface area contributed by atoms with E-state index in [1.165, 1.54) is 23.9 Å². The van der Waals surface area contributed by atoms with Crippen molar-refractivity contribution in [3.05, 3.63) is 11.4 Å². The van der Waals surface area contributed by atoms with Gasteiger partial charge in [-0.15, -0.1) is 0 Å². The van der Waals surface area contributed by atoms with Crippen molar-refractivity contribution in [2.45, 2.75) is 45.3 Å². The molecule has 1 aromatic rings. The lowest BCUT2D eigenvalue weighted by Crippen LogP contribution is -2.02. The number of rotatable bonds is 5. The molecule has 3 nitrogen and oxygen atoms in total. The molecule has 0 fully saturated rings. The normalized spacial score (nSPS) is 10.3. The van der Waals surface area contributed by atoms with Crippen molar-refractivity contribution < 1.29 is 0 Å². The highest BCUT2D eigenvalue weighted by Crippen LogP contribution is 2.21. The number of unbranched alkanes of at least 4 members (excludes halogenated alkanes) is 1. The van der Waals surface area contributed by atoms with Crippen molar-refractivity contribution in [3.8, 4) is 6.07 Å². The van der Waals surface area contributed by atoms with Crippen LogP contribution in [0.3, 0.4) is 0 Å². The largest absolute Gasteiger partial charge is 0.323 e. The quantitative estimate of drug-likeness (QED) is 0.721. The number of hydrogen-bond acceptors (Lipinski definition) is 3. The number of hydrogen-bond donors (Lipinski definition) is 0. The summed E-state index contributed by atoms with van der Waals surface area (Å²) in [5.41, 5.74) is 2.30. The minimum Gasteiger partial charge on any atom is -0.323 e. The van der Waals surface area contributed by atoms with Gasteiger partial charge in [-0.1, -0.05) is 25.1 Å². The summed E-state index contributed by atoms with van der Waals surface area (Å²) in [5.74, 6) is 0.474. The summed E-state index contributed by atoms with van der Waals surface area (Å²) in [6, 6.07) is 2.14. The predicted octanol–water partition coefficient (Wildman–Crippen LogP) is 2.92. The van der Waals surface area contributed by atoms with Gasteiger partial charge in [0.15, 0.2) is 5.16 Å². The average molecular weight is 223 g/mol. The Kier molecular flexibility index (Phi) is 4.70. The Morgan fingerprint density at radius 1 is 1.47 bits per heavy atom. The van der Waals surface area contributed by atoms with Gasteiger partial charge >= 0.3 is 0 Å². The second-order valence-electron chi connectivity index (χ2n) is 3.52. The van der Waals surface area contributed by atoms with E-state index >= 15 is 0 Å². The van der Waals surface area contributed by atoms with Gasteiger partial charge in [-0.05, 0) is 20.3 Å². The molecule has 0 unspecified atom stereocenters. The Labute approximate surface area is 95.5 Å². The van der Waals surface area contributed by atoms with E-state index in [2.05, 4.69) is 29.5 Å². The van der Waals surface area contributed by atoms with Gasteiger partial charge in [-0.3, -0.25) is 0 Å². The first-order valence-corrected chi connectivity index (χ1v) is 6.22. The molecule has 15 heavy (non-hydrogen) atoms. The van der Waals surface area contributed by atoms with Gasteiger partial charge in [0, 0.05) is 12.2 Å². The van der Waals surface area contributed by atoms with E-state index in [9.17, 15) is 0 Å². The van der Waals surface area contributed by atoms with Gasteiger partial charge in [0.05, 0.1) is 17.5 Å². The molecule has 4 heteroatoms. The number of thioether (sulfide) groups is 1. The molecule has 0 saturated heterocycles. The second-order valence-corrected chi connectivity index (χ2v) is 4.46. The molecule has 0 aromatic carbocycles. The molecule has 82 valence electrons. The van der Waals surface area contributed by atoms with Crippen molar-refractivity contribution in [2.24, 2.45) is 0 Å². The standard InChI is InChI=1S/C11H17N3S/c1-4-5-7-14-10(3)9(2)13-11(14)15-8-6-12/h4-5,7-8H2,1-3H3. The van der Waals surface area contributed by atoms with E-state index in [1.807, 2.05) is 6.92 Å². The minimum absolute atomic E-state index is 0.474. The lowest BCUT2D eigenvalue weighted by atomic mass is 10.3. The first-order chi connectivity index (χ1) is 7.20. The third-order valence-electron chi connectivity index (χ3n) is 2.42. The fraction of sp³-hybridized carbons (Fsp3) is 0.636. The molecule has 0 spiro atoms. The monoisotopic (exact) mass is 223 g/mol. The van der Waals surface area contributed by atoms with Crippen molar-refractivity contribution in [2.75, 3.05) is 5.75 Å². The lowest BCUT2D eigenvalue weighted by molar-refractivity contribution is 0.575. The summed E-state index contributed by atoms with van der Waals surface area (Å²) in [5, 5.41) is 9.55. The summed E-state index contributed by atoms with van der Waals surface area (Å²) < 4.78 is 2.22. The molecule has 0 aliphatic rings. The highest BCUT2D eigenvalue weighted by atomic mass is 32.2. The van der Waals surface area contributed by atoms with E-state index in [0.717, 1.165) is 23.8 Å². The van der Waals surface area contributed by atoms with Crippen LogP contribution < -0.4 is 0 Å². The zero-order valence-corrected chi connectivity index (χ0v) is 10.4. The van der Waals surface area contributed by atoms with Crippen LogP contribution in [0.4, 0.5) is 0 Å². The van der Waals surface area contributed by atoms with E-state index in [4.69, 9.17) is 5.26 Å². The zero-order chi connectivity index (χ0) is 11.3. The molecule has 0 aliphatic carbocycles. The van der Waals surface area contributed by atoms with Gasteiger partial charge in [0.25, 0.3) is 0 Å². The van der Waals surface area contributed by atoms with Crippen LogP contribution in [0.5, 0.6) is 0 Å². The van der Waals surface area contributed by atoms with Crippen LogP contribution in [0.15, 0.2) is 5.16 Å². The summed E-state index contributed by atoms with van der Waals surface area (Å²) >= 11 is 1.52. The minimum atomic E-state index is 0.474. The maximum absolute atomic E-state index is 8.56. The molecule has 0 bridgehead atoms. The number of aromatic nitrogens is 2. The van der Waals surface area contributed by atoms with Gasteiger partial charge in [-0.2, -0.15) is 5.26 Å². The third kappa shape index (κ3) is 3.00. The fourth-order valence-electron chi connectivity index (χ4n) is 1.41. The number of nitriles is 1. The molecular weight excluding hydrogens is 206 g/mol. The first kappa shape index (κ1) is 12.1. The van der Waals surface area contributed by atoms with E-state index < -0.39 is 0 Å². The molecule has 0 saturated carbocycles. The van der Waals surface area contributed by atoms with Gasteiger partial charge < -0.3 is 4.57 Å². The molecule has 0 radical (unpaired) electrons. The second kappa shape index (κ2) is 5.82. The van der Waals surface area contributed by atoms with Crippen molar-refractivity contribution in [1.82, 2.24) is 9.55 Å². The Balaban J connectivity index is 2.84. The van der Waals surface area contributed by atoms with E-state index in [-0.39, 0.29) is 0 Å². The van der Waals surface area contributed by atoms with Crippen molar-refractivity contribution in [1.29, 1.82) is 5.26 Å². The summed E-state index contributed by atoms with van der Waals surface area (Å²) in [6.07, 6.45) is 2.34. The van der Waals surface area contributed by atoms with Crippen LogP contribution in [0, 0.1) is 25.2 Å². The summed E-state index contributed by atoms with van der Waals surface area (Å²) in [6.45, 7) is 7.31. The Morgan fingerprint density at radius 2 is 2.20 bits per heavy atom. The van der Waals surface area contributed by atoms with Crippen LogP contribution in [-0.4, -0.2) is 15.3 Å². The van der Waals surface area contributed by atoms with Gasteiger partial charge in [0.1, 0.15) is 0 Å².